The van der Waals surface area contributed by atoms with E-state index in [4.69, 9.17) is 4.42 Å². The second-order valence-corrected chi connectivity index (χ2v) is 5.54. The van der Waals surface area contributed by atoms with E-state index in [-0.39, 0.29) is 12.5 Å². The Bertz CT molecular complexity index is 943. The monoisotopic (exact) mass is 310 g/mol. The lowest BCUT2D eigenvalue weighted by atomic mass is 10.2. The summed E-state index contributed by atoms with van der Waals surface area (Å²) in [6.07, 6.45) is 1.65. The molecule has 0 saturated carbocycles. The maximum Gasteiger partial charge on any atom is 0.251 e. The van der Waals surface area contributed by atoms with Gasteiger partial charge in [-0.3, -0.25) is 4.79 Å². The summed E-state index contributed by atoms with van der Waals surface area (Å²) in [5, 5.41) is 2.79. The van der Waals surface area contributed by atoms with Crippen LogP contribution in [0.5, 0.6) is 0 Å². The largest absolute Gasteiger partial charge is 0.437 e. The molecular weight excluding hydrogens is 300 g/mol. The zero-order valence-electron chi connectivity index (χ0n) is 11.3. The summed E-state index contributed by atoms with van der Waals surface area (Å²) < 4.78 is 6.50. The van der Waals surface area contributed by atoms with Gasteiger partial charge in [0.15, 0.2) is 11.2 Å². The predicted octanol–water partition coefficient (Wildman–Crippen LogP) is 2.76. The van der Waals surface area contributed by atoms with Crippen LogP contribution in [0.1, 0.15) is 16.2 Å². The predicted molar refractivity (Wildman–Crippen MR) is 82.6 cm³/mol. The summed E-state index contributed by atoms with van der Waals surface area (Å²) in [5.41, 5.74) is 4.39. The van der Waals surface area contributed by atoms with E-state index in [0.717, 1.165) is 10.2 Å². The fourth-order valence-corrected chi connectivity index (χ4v) is 2.86. The first-order valence-electron chi connectivity index (χ1n) is 6.61. The number of thiazole rings is 1. The summed E-state index contributed by atoms with van der Waals surface area (Å²) in [4.78, 5) is 24.7. The zero-order chi connectivity index (χ0) is 14.9. The first-order valence-corrected chi connectivity index (χ1v) is 7.49. The number of nitrogens with zero attached hydrogens (tertiary/aromatic N) is 3. The summed E-state index contributed by atoms with van der Waals surface area (Å²) in [7, 11) is 0. The molecule has 0 unspecified atom stereocenters. The van der Waals surface area contributed by atoms with Gasteiger partial charge in [0.25, 0.3) is 5.91 Å². The summed E-state index contributed by atoms with van der Waals surface area (Å²) in [5.74, 6) is 0.256. The normalized spacial score (nSPS) is 11.1. The molecule has 1 N–H and O–H groups in total. The summed E-state index contributed by atoms with van der Waals surface area (Å²) >= 11 is 1.51. The number of amides is 1. The third kappa shape index (κ3) is 2.31. The van der Waals surface area contributed by atoms with Crippen molar-refractivity contribution in [3.8, 4) is 0 Å². The van der Waals surface area contributed by atoms with E-state index in [1.807, 2.05) is 12.1 Å². The molecule has 0 aliphatic carbocycles. The molecule has 3 aromatic heterocycles. The Morgan fingerprint density at radius 2 is 2.23 bits per heavy atom. The average molecular weight is 310 g/mol. The Morgan fingerprint density at radius 1 is 1.27 bits per heavy atom. The lowest BCUT2D eigenvalue weighted by molar-refractivity contribution is 0.0947. The van der Waals surface area contributed by atoms with Gasteiger partial charge in [-0.2, -0.15) is 4.98 Å². The lowest BCUT2D eigenvalue weighted by Crippen LogP contribution is -2.22. The molecule has 0 saturated heterocycles. The van der Waals surface area contributed by atoms with Crippen LogP contribution in [0.25, 0.3) is 21.4 Å². The van der Waals surface area contributed by atoms with Crippen LogP contribution in [-0.2, 0) is 6.54 Å². The maximum absolute atomic E-state index is 12.2. The molecule has 0 aliphatic heterocycles. The van der Waals surface area contributed by atoms with Crippen molar-refractivity contribution in [2.24, 2.45) is 0 Å². The van der Waals surface area contributed by atoms with Gasteiger partial charge in [0.1, 0.15) is 0 Å². The van der Waals surface area contributed by atoms with E-state index in [9.17, 15) is 4.79 Å². The second kappa shape index (κ2) is 5.19. The highest BCUT2D eigenvalue weighted by molar-refractivity contribution is 7.16. The first-order chi connectivity index (χ1) is 10.8. The molecule has 0 spiro atoms. The molecule has 7 heteroatoms. The molecule has 6 nitrogen and oxygen atoms in total. The molecule has 3 heterocycles. The average Bonchev–Trinajstić information content (AvgIpc) is 3.17. The topological polar surface area (TPSA) is 80.9 Å². The highest BCUT2D eigenvalue weighted by Gasteiger charge is 2.10. The SMILES string of the molecule is O=C(NCc1nc2ncccc2o1)c1ccc2ncsc2c1. The van der Waals surface area contributed by atoms with Gasteiger partial charge in [-0.25, -0.2) is 9.97 Å². The van der Waals surface area contributed by atoms with Crippen molar-refractivity contribution in [1.82, 2.24) is 20.3 Å². The molecule has 0 aliphatic rings. The van der Waals surface area contributed by atoms with E-state index in [1.165, 1.54) is 11.3 Å². The highest BCUT2D eigenvalue weighted by Crippen LogP contribution is 2.19. The molecule has 0 radical (unpaired) electrons. The Morgan fingerprint density at radius 3 is 3.14 bits per heavy atom. The molecular formula is C15H10N4O2S. The van der Waals surface area contributed by atoms with Gasteiger partial charge in [0.2, 0.25) is 5.89 Å². The molecule has 22 heavy (non-hydrogen) atoms. The van der Waals surface area contributed by atoms with Gasteiger partial charge in [-0.1, -0.05) is 0 Å². The molecule has 108 valence electrons. The minimum absolute atomic E-state index is 0.175. The van der Waals surface area contributed by atoms with Crippen LogP contribution in [0, 0.1) is 0 Å². The van der Waals surface area contributed by atoms with Crippen molar-refractivity contribution >= 4 is 38.7 Å². The van der Waals surface area contributed by atoms with Gasteiger partial charge in [-0.15, -0.1) is 11.3 Å². The maximum atomic E-state index is 12.2. The highest BCUT2D eigenvalue weighted by atomic mass is 32.1. The number of hydrogen-bond donors (Lipinski definition) is 1. The van der Waals surface area contributed by atoms with Crippen molar-refractivity contribution in [2.75, 3.05) is 0 Å². The summed E-state index contributed by atoms with van der Waals surface area (Å²) in [6, 6.07) is 8.99. The fraction of sp³-hybridized carbons (Fsp3) is 0.0667. The smallest absolute Gasteiger partial charge is 0.251 e. The van der Waals surface area contributed by atoms with Crippen molar-refractivity contribution in [3.63, 3.8) is 0 Å². The third-order valence-electron chi connectivity index (χ3n) is 3.20. The van der Waals surface area contributed by atoms with Crippen LogP contribution in [0.3, 0.4) is 0 Å². The van der Waals surface area contributed by atoms with E-state index < -0.39 is 0 Å². The standard InChI is InChI=1S/C15H10N4O2S/c20-15(9-3-4-10-12(6-9)22-8-18-10)17-7-13-19-14-11(21-13)2-1-5-16-14/h1-6,8H,7H2,(H,17,20). The van der Waals surface area contributed by atoms with Crippen LogP contribution < -0.4 is 5.32 Å². The Kier molecular flexibility index (Phi) is 3.05. The van der Waals surface area contributed by atoms with Gasteiger partial charge in [0, 0.05) is 11.8 Å². The van der Waals surface area contributed by atoms with Crippen molar-refractivity contribution in [2.45, 2.75) is 6.54 Å². The first kappa shape index (κ1) is 12.9. The molecule has 0 fully saturated rings. The Hall–Kier alpha value is -2.80. The van der Waals surface area contributed by atoms with E-state index >= 15 is 0 Å². The number of pyridine rings is 1. The minimum Gasteiger partial charge on any atom is -0.437 e. The molecule has 0 bridgehead atoms. The van der Waals surface area contributed by atoms with Gasteiger partial charge in [0.05, 0.1) is 22.3 Å². The minimum atomic E-state index is -0.175. The van der Waals surface area contributed by atoms with Gasteiger partial charge in [-0.05, 0) is 30.3 Å². The van der Waals surface area contributed by atoms with Gasteiger partial charge >= 0.3 is 0 Å². The quantitative estimate of drug-likeness (QED) is 0.629. The zero-order valence-corrected chi connectivity index (χ0v) is 12.1. The van der Waals surface area contributed by atoms with Crippen LogP contribution in [0.15, 0.2) is 46.5 Å². The summed E-state index contributed by atoms with van der Waals surface area (Å²) in [6.45, 7) is 0.218. The number of carbonyl (C=O) groups excluding carboxylic acids is 1. The molecule has 4 rings (SSSR count). The number of carbonyl (C=O) groups is 1. The molecule has 1 aromatic carbocycles. The molecule has 4 aromatic rings. The number of oxazole rings is 1. The fourth-order valence-electron chi connectivity index (χ4n) is 2.14. The van der Waals surface area contributed by atoms with E-state index in [2.05, 4.69) is 20.3 Å². The molecule has 1 amide bonds. The van der Waals surface area contributed by atoms with Crippen molar-refractivity contribution in [1.29, 1.82) is 0 Å². The van der Waals surface area contributed by atoms with Crippen LogP contribution >= 0.6 is 11.3 Å². The lowest BCUT2D eigenvalue weighted by Gasteiger charge is -2.02. The van der Waals surface area contributed by atoms with Crippen LogP contribution in [0.4, 0.5) is 0 Å². The Balaban J connectivity index is 1.51. The number of nitrogens with one attached hydrogen (secondary N) is 1. The number of hydrogen-bond acceptors (Lipinski definition) is 6. The number of rotatable bonds is 3. The number of benzene rings is 1. The van der Waals surface area contributed by atoms with E-state index in [1.54, 1.807) is 29.9 Å². The number of aromatic nitrogens is 3. The number of fused-ring (bicyclic) bond motifs is 2. The van der Waals surface area contributed by atoms with Gasteiger partial charge < -0.3 is 9.73 Å². The van der Waals surface area contributed by atoms with Crippen LogP contribution in [0.2, 0.25) is 0 Å². The second-order valence-electron chi connectivity index (χ2n) is 4.65. The van der Waals surface area contributed by atoms with Crippen molar-refractivity contribution in [3.05, 3.63) is 53.5 Å². The third-order valence-corrected chi connectivity index (χ3v) is 3.99. The van der Waals surface area contributed by atoms with Crippen molar-refractivity contribution < 1.29 is 9.21 Å². The van der Waals surface area contributed by atoms with E-state index in [0.29, 0.717) is 22.7 Å². The Labute approximate surface area is 128 Å². The van der Waals surface area contributed by atoms with Crippen LogP contribution in [-0.4, -0.2) is 20.9 Å². The molecule has 0 atom stereocenters.